The van der Waals surface area contributed by atoms with Crippen LogP contribution in [0, 0.1) is 42.4 Å². The van der Waals surface area contributed by atoms with Crippen molar-refractivity contribution in [2.75, 3.05) is 63.9 Å². The first-order chi connectivity index (χ1) is 42.0. The van der Waals surface area contributed by atoms with Gasteiger partial charge in [0, 0.05) is 122 Å². The number of anilines is 2. The van der Waals surface area contributed by atoms with E-state index in [1.54, 1.807) is 53.5 Å². The molecule has 15 atom stereocenters. The highest BCUT2D eigenvalue weighted by Crippen LogP contribution is 2.38. The van der Waals surface area contributed by atoms with Gasteiger partial charge in [0.1, 0.15) is 36.2 Å². The van der Waals surface area contributed by atoms with Crippen molar-refractivity contribution in [2.45, 2.75) is 194 Å². The van der Waals surface area contributed by atoms with Crippen molar-refractivity contribution in [3.05, 3.63) is 83.5 Å². The van der Waals surface area contributed by atoms with Gasteiger partial charge in [-0.15, -0.1) is 0 Å². The number of methoxy groups -OCH3 is 3. The van der Waals surface area contributed by atoms with Crippen molar-refractivity contribution in [1.82, 2.24) is 30.2 Å². The standard InChI is InChI=1S/C66H96N8O14/c1-40-17-13-12-14-18-42(3)54(83-9)33-50-22-20-47(8)66(82,88-50)60(78)61(79)74-24-16-15-19-51(74)62(80)86-55(34-52(75)43(4)30-46(7)58(77)59(85-11)57(76)45(6)29-40)44(5)31-48-21-23-53(56(32-48)84-10)87-65(81)71-39-49-37-69-64(70-38-49)73-27-25-72(26-28-73)63-67-35-41(2)36-68-63/h12-14,17-18,30,35-38,40,43-45,47-48,50-51,53-56,58-59,77,82H,15-16,19-29,31-34,39H2,1-11H3,(H,71,81)/b14-12+,17-13+,42-18+,46-30+/t40-,43-,44-,45-,47-,48+,50+,51+,53-,54+,55+,56-,58-,59+,66-/m1/s1. The molecule has 22 nitrogen and oxygen atoms in total. The van der Waals surface area contributed by atoms with E-state index in [0.29, 0.717) is 100 Å². The molecule has 2 aromatic rings. The number of hydrogen-bond acceptors (Lipinski definition) is 20. The molecule has 7 rings (SSSR count). The monoisotopic (exact) mass is 1220 g/mol. The summed E-state index contributed by atoms with van der Waals surface area (Å²) in [5.74, 6) is -7.23. The molecule has 2 aromatic heterocycles. The Morgan fingerprint density at radius 1 is 0.773 bits per heavy atom. The number of rotatable bonds is 11. The number of carbonyl (C=O) groups excluding carboxylic acids is 6. The van der Waals surface area contributed by atoms with Crippen LogP contribution in [0.5, 0.6) is 0 Å². The molecular formula is C66H96N8O14. The first-order valence-electron chi connectivity index (χ1n) is 31.6. The fourth-order valence-electron chi connectivity index (χ4n) is 12.8. The van der Waals surface area contributed by atoms with Crippen LogP contribution < -0.4 is 15.1 Å². The number of allylic oxidation sites excluding steroid dienone is 6. The summed E-state index contributed by atoms with van der Waals surface area (Å²) >= 11 is 0. The highest BCUT2D eigenvalue weighted by Gasteiger charge is 2.53. The molecule has 3 N–H and O–H groups in total. The smallest absolute Gasteiger partial charge is 0.407 e. The van der Waals surface area contributed by atoms with Crippen LogP contribution in [0.2, 0.25) is 0 Å². The van der Waals surface area contributed by atoms with E-state index in [1.807, 2.05) is 77.4 Å². The van der Waals surface area contributed by atoms with Crippen LogP contribution in [-0.4, -0.2) is 179 Å². The number of carbonyl (C=O) groups is 6. The van der Waals surface area contributed by atoms with Gasteiger partial charge in [0.15, 0.2) is 5.78 Å². The van der Waals surface area contributed by atoms with Gasteiger partial charge in [-0.3, -0.25) is 19.2 Å². The normalized spacial score (nSPS) is 33.9. The zero-order valence-electron chi connectivity index (χ0n) is 53.5. The SMILES string of the molecule is CO[C@H]1C[C@@H]2CC[C@@H](C)[C@@](O)(O2)C(=O)C(=O)N2CCCC[C@H]2C(=O)O[C@H]([C@H](C)C[C@@H]2CC[C@@H](OC(=O)NCc3cnc(N4CCN(c5ncc(C)cn5)CC4)nc3)[C@H](OC)C2)CC(=O)[C@H](C)/C=C(\C)[C@@H](O)[C@@H](OC)C(=O)[C@H](C)C[C@H](C)/C=C/C=C/C=C/1C. The van der Waals surface area contributed by atoms with E-state index < -0.39 is 102 Å². The average molecular weight is 1230 g/mol. The number of esters is 1. The maximum Gasteiger partial charge on any atom is 0.407 e. The number of nitrogens with one attached hydrogen (secondary N) is 1. The van der Waals surface area contributed by atoms with Gasteiger partial charge in [-0.1, -0.05) is 71.1 Å². The van der Waals surface area contributed by atoms with E-state index in [0.717, 1.165) is 24.2 Å². The van der Waals surface area contributed by atoms with Crippen molar-refractivity contribution in [3.63, 3.8) is 0 Å². The summed E-state index contributed by atoms with van der Waals surface area (Å²) in [6, 6.07) is -1.20. The Hall–Kier alpha value is -6.30. The molecule has 1 saturated carbocycles. The number of ketones is 3. The number of aryl methyl sites for hydroxylation is 1. The molecule has 3 saturated heterocycles. The number of fused-ring (bicyclic) bond motifs is 3. The van der Waals surface area contributed by atoms with Crippen LogP contribution in [0.25, 0.3) is 0 Å². The predicted octanol–water partition coefficient (Wildman–Crippen LogP) is 7.33. The van der Waals surface area contributed by atoms with Crippen LogP contribution in [0.3, 0.4) is 0 Å². The van der Waals surface area contributed by atoms with Crippen molar-refractivity contribution in [1.29, 1.82) is 0 Å². The topological polar surface area (TPSA) is 272 Å². The lowest BCUT2D eigenvalue weighted by Gasteiger charge is -2.42. The van der Waals surface area contributed by atoms with E-state index in [-0.39, 0.29) is 49.3 Å². The van der Waals surface area contributed by atoms with Crippen LogP contribution in [-0.2, 0) is 58.9 Å². The summed E-state index contributed by atoms with van der Waals surface area (Å²) in [6.07, 6.45) is 16.6. The fourth-order valence-corrected chi connectivity index (χ4v) is 12.8. The third-order valence-corrected chi connectivity index (χ3v) is 18.5. The Labute approximate surface area is 519 Å². The summed E-state index contributed by atoms with van der Waals surface area (Å²) in [7, 11) is 4.51. The molecule has 4 aliphatic heterocycles. The zero-order chi connectivity index (χ0) is 63.8. The first kappa shape index (κ1) is 69.2. The second-order valence-corrected chi connectivity index (χ2v) is 25.2. The van der Waals surface area contributed by atoms with Gasteiger partial charge in [-0.2, -0.15) is 0 Å². The third-order valence-electron chi connectivity index (χ3n) is 18.5. The number of Topliss-reactive ketones (excluding diaryl/α,β-unsaturated/α-hetero) is 3. The van der Waals surface area contributed by atoms with E-state index >= 15 is 0 Å². The number of cyclic esters (lactones) is 1. The summed E-state index contributed by atoms with van der Waals surface area (Å²) < 4.78 is 36.0. The van der Waals surface area contributed by atoms with Gasteiger partial charge >= 0.3 is 12.1 Å². The van der Waals surface area contributed by atoms with E-state index in [9.17, 15) is 39.0 Å². The van der Waals surface area contributed by atoms with Gasteiger partial charge in [-0.25, -0.2) is 29.5 Å². The van der Waals surface area contributed by atoms with Gasteiger partial charge < -0.3 is 58.7 Å². The molecule has 484 valence electrons. The number of ether oxygens (including phenoxy) is 6. The fraction of sp³-hybridized carbons (Fsp3) is 0.667. The third kappa shape index (κ3) is 18.2. The molecule has 88 heavy (non-hydrogen) atoms. The summed E-state index contributed by atoms with van der Waals surface area (Å²) in [6.45, 7) is 17.6. The number of piperidine rings is 1. The van der Waals surface area contributed by atoms with Crippen molar-refractivity contribution in [2.24, 2.45) is 35.5 Å². The Morgan fingerprint density at radius 2 is 1.44 bits per heavy atom. The number of amides is 2. The lowest BCUT2D eigenvalue weighted by molar-refractivity contribution is -0.265. The van der Waals surface area contributed by atoms with E-state index in [1.165, 1.54) is 12.0 Å². The molecule has 1 aliphatic carbocycles. The maximum atomic E-state index is 14.7. The van der Waals surface area contributed by atoms with Crippen LogP contribution in [0.15, 0.2) is 72.4 Å². The number of hydrogen-bond donors (Lipinski definition) is 3. The minimum absolute atomic E-state index is 0.00734. The van der Waals surface area contributed by atoms with Crippen molar-refractivity contribution < 1.29 is 67.4 Å². The summed E-state index contributed by atoms with van der Waals surface area (Å²) in [5, 5.41) is 26.5. The molecule has 0 unspecified atom stereocenters. The van der Waals surface area contributed by atoms with Crippen LogP contribution >= 0.6 is 0 Å². The summed E-state index contributed by atoms with van der Waals surface area (Å²) in [4.78, 5) is 109. The minimum Gasteiger partial charge on any atom is -0.460 e. The number of aliphatic hydroxyl groups is 2. The number of aromatic nitrogens is 4. The molecule has 2 amide bonds. The molecule has 4 fully saturated rings. The molecule has 22 heteroatoms. The number of nitrogens with zero attached hydrogens (tertiary/aromatic N) is 7. The predicted molar refractivity (Wildman–Crippen MR) is 329 cm³/mol. The Morgan fingerprint density at radius 3 is 2.09 bits per heavy atom. The molecule has 0 spiro atoms. The quantitative estimate of drug-likeness (QED) is 0.113. The summed E-state index contributed by atoms with van der Waals surface area (Å²) in [5.41, 5.74) is 2.93. The Kier molecular flexibility index (Phi) is 25.5. The minimum atomic E-state index is -2.47. The van der Waals surface area contributed by atoms with Crippen molar-refractivity contribution >= 4 is 47.2 Å². The van der Waals surface area contributed by atoms with Crippen molar-refractivity contribution in [3.8, 4) is 0 Å². The van der Waals surface area contributed by atoms with Gasteiger partial charge in [0.05, 0.1) is 18.3 Å². The lowest BCUT2D eigenvalue weighted by atomic mass is 9.78. The van der Waals surface area contributed by atoms with Gasteiger partial charge in [-0.05, 0) is 119 Å². The molecular weight excluding hydrogens is 1130 g/mol. The number of piperazine rings is 1. The highest BCUT2D eigenvalue weighted by molar-refractivity contribution is 6.39. The van der Waals surface area contributed by atoms with Gasteiger partial charge in [0.25, 0.3) is 11.7 Å². The Balaban J connectivity index is 1.04. The Bertz CT molecular complexity index is 2800. The number of alkyl carbamates (subject to hydrolysis) is 1. The molecule has 0 aromatic carbocycles. The average Bonchev–Trinajstić information content (AvgIpc) is 3.70. The maximum absolute atomic E-state index is 14.7. The first-order valence-corrected chi connectivity index (χ1v) is 31.6. The second kappa shape index (κ2) is 32.4. The van der Waals surface area contributed by atoms with Crippen LogP contribution in [0.1, 0.15) is 137 Å². The van der Waals surface area contributed by atoms with E-state index in [4.69, 9.17) is 28.4 Å². The molecule has 2 bridgehead atoms. The molecule has 5 aliphatic rings. The highest BCUT2D eigenvalue weighted by atomic mass is 16.6. The zero-order valence-corrected chi connectivity index (χ0v) is 53.5. The number of aliphatic hydroxyl groups excluding tert-OH is 1. The van der Waals surface area contributed by atoms with Gasteiger partial charge in [0.2, 0.25) is 17.7 Å². The van der Waals surface area contributed by atoms with E-state index in [2.05, 4.69) is 35.1 Å². The largest absolute Gasteiger partial charge is 0.460 e. The lowest BCUT2D eigenvalue weighted by Crippen LogP contribution is -2.61. The van der Waals surface area contributed by atoms with Crippen LogP contribution in [0.4, 0.5) is 16.7 Å². The molecule has 0 radical (unpaired) electrons. The molecule has 6 heterocycles. The second-order valence-electron chi connectivity index (χ2n) is 25.2.